The van der Waals surface area contributed by atoms with Crippen LogP contribution in [0.4, 0.5) is 10.1 Å². The molecule has 0 aliphatic carbocycles. The molecule has 0 saturated carbocycles. The number of ether oxygens (including phenoxy) is 1. The smallest absolute Gasteiger partial charge is 0.264 e. The maximum atomic E-state index is 13.4. The quantitative estimate of drug-likeness (QED) is 0.453. The number of halogens is 1. The van der Waals surface area contributed by atoms with E-state index >= 15 is 0 Å². The SMILES string of the molecule is COc1ccc(S(=O)(=O)N(CC(=O)NCCCc2ccc(F)cc2)c2ccc(C)cc2)cc1. The van der Waals surface area contributed by atoms with Gasteiger partial charge >= 0.3 is 0 Å². The van der Waals surface area contributed by atoms with Crippen LogP contribution in [-0.2, 0) is 21.2 Å². The first-order chi connectivity index (χ1) is 15.8. The zero-order valence-corrected chi connectivity index (χ0v) is 19.4. The van der Waals surface area contributed by atoms with Gasteiger partial charge in [-0.05, 0) is 73.9 Å². The number of benzene rings is 3. The molecule has 0 aliphatic heterocycles. The van der Waals surface area contributed by atoms with Crippen LogP contribution in [0.1, 0.15) is 17.5 Å². The van der Waals surface area contributed by atoms with Crippen LogP contribution in [-0.4, -0.2) is 34.5 Å². The summed E-state index contributed by atoms with van der Waals surface area (Å²) in [6.45, 7) is 1.93. The number of hydrogen-bond donors (Lipinski definition) is 1. The van der Waals surface area contributed by atoms with Crippen molar-refractivity contribution in [1.29, 1.82) is 0 Å². The van der Waals surface area contributed by atoms with Gasteiger partial charge in [0.1, 0.15) is 18.1 Å². The van der Waals surface area contributed by atoms with Gasteiger partial charge in [0, 0.05) is 6.54 Å². The van der Waals surface area contributed by atoms with Crippen molar-refractivity contribution in [1.82, 2.24) is 5.32 Å². The van der Waals surface area contributed by atoms with Crippen molar-refractivity contribution < 1.29 is 22.3 Å². The molecular weight excluding hydrogens is 443 g/mol. The first-order valence-electron chi connectivity index (χ1n) is 10.5. The molecule has 0 saturated heterocycles. The fourth-order valence-electron chi connectivity index (χ4n) is 3.26. The van der Waals surface area contributed by atoms with Crippen molar-refractivity contribution in [3.8, 4) is 5.75 Å². The van der Waals surface area contributed by atoms with Gasteiger partial charge in [0.15, 0.2) is 0 Å². The number of nitrogens with zero attached hydrogens (tertiary/aromatic N) is 1. The molecule has 0 aromatic heterocycles. The van der Waals surface area contributed by atoms with E-state index in [-0.39, 0.29) is 17.3 Å². The summed E-state index contributed by atoms with van der Waals surface area (Å²) >= 11 is 0. The summed E-state index contributed by atoms with van der Waals surface area (Å²) in [5, 5.41) is 2.78. The van der Waals surface area contributed by atoms with Crippen LogP contribution in [0.3, 0.4) is 0 Å². The molecule has 1 amide bonds. The zero-order valence-electron chi connectivity index (χ0n) is 18.6. The molecule has 0 bridgehead atoms. The molecule has 174 valence electrons. The largest absolute Gasteiger partial charge is 0.497 e. The van der Waals surface area contributed by atoms with Gasteiger partial charge < -0.3 is 10.1 Å². The van der Waals surface area contributed by atoms with Crippen molar-refractivity contribution in [2.45, 2.75) is 24.7 Å². The van der Waals surface area contributed by atoms with E-state index in [1.807, 2.05) is 6.92 Å². The van der Waals surface area contributed by atoms with Gasteiger partial charge in [-0.2, -0.15) is 0 Å². The lowest BCUT2D eigenvalue weighted by Gasteiger charge is -2.24. The summed E-state index contributed by atoms with van der Waals surface area (Å²) in [6, 6.07) is 19.2. The molecule has 3 aromatic rings. The highest BCUT2D eigenvalue weighted by atomic mass is 32.2. The molecular formula is C25H27FN2O4S. The highest BCUT2D eigenvalue weighted by Gasteiger charge is 2.27. The minimum absolute atomic E-state index is 0.0629. The van der Waals surface area contributed by atoms with E-state index in [9.17, 15) is 17.6 Å². The molecule has 1 N–H and O–H groups in total. The molecule has 6 nitrogen and oxygen atoms in total. The van der Waals surface area contributed by atoms with Gasteiger partial charge in [-0.1, -0.05) is 29.8 Å². The van der Waals surface area contributed by atoms with Gasteiger partial charge in [0.2, 0.25) is 5.91 Å². The Labute approximate surface area is 194 Å². The van der Waals surface area contributed by atoms with Crippen LogP contribution in [0.2, 0.25) is 0 Å². The van der Waals surface area contributed by atoms with E-state index < -0.39 is 15.9 Å². The molecule has 0 radical (unpaired) electrons. The van der Waals surface area contributed by atoms with E-state index in [1.54, 1.807) is 48.5 Å². The second kappa shape index (κ2) is 11.0. The molecule has 3 aromatic carbocycles. The summed E-state index contributed by atoms with van der Waals surface area (Å²) in [5.41, 5.74) is 2.35. The second-order valence-corrected chi connectivity index (χ2v) is 9.47. The van der Waals surface area contributed by atoms with E-state index in [1.165, 1.54) is 31.4 Å². The van der Waals surface area contributed by atoms with E-state index in [0.29, 0.717) is 30.8 Å². The number of amides is 1. The minimum Gasteiger partial charge on any atom is -0.497 e. The van der Waals surface area contributed by atoms with Gasteiger partial charge in [-0.15, -0.1) is 0 Å². The molecule has 0 atom stereocenters. The molecule has 0 heterocycles. The first kappa shape index (κ1) is 24.3. The number of nitrogens with one attached hydrogen (secondary N) is 1. The van der Waals surface area contributed by atoms with Crippen molar-refractivity contribution in [2.75, 3.05) is 24.5 Å². The summed E-state index contributed by atoms with van der Waals surface area (Å²) in [7, 11) is -2.48. The molecule has 33 heavy (non-hydrogen) atoms. The Morgan fingerprint density at radius 2 is 1.61 bits per heavy atom. The van der Waals surface area contributed by atoms with Crippen molar-refractivity contribution in [3.05, 3.63) is 89.7 Å². The lowest BCUT2D eigenvalue weighted by molar-refractivity contribution is -0.119. The van der Waals surface area contributed by atoms with Crippen LogP contribution in [0.25, 0.3) is 0 Å². The van der Waals surface area contributed by atoms with Crippen LogP contribution in [0.5, 0.6) is 5.75 Å². The average Bonchev–Trinajstić information content (AvgIpc) is 2.82. The Morgan fingerprint density at radius 1 is 0.970 bits per heavy atom. The van der Waals surface area contributed by atoms with Crippen LogP contribution < -0.4 is 14.4 Å². The molecule has 0 spiro atoms. The van der Waals surface area contributed by atoms with Crippen LogP contribution in [0.15, 0.2) is 77.7 Å². The standard InChI is InChI=1S/C25H27FN2O4S/c1-19-5-11-22(12-6-19)28(33(30,31)24-15-13-23(32-2)14-16-24)18-25(29)27-17-3-4-20-7-9-21(26)10-8-20/h5-16H,3-4,17-18H2,1-2H3,(H,27,29). The van der Waals surface area contributed by atoms with Gasteiger partial charge in [0.05, 0.1) is 17.7 Å². The number of hydrogen-bond acceptors (Lipinski definition) is 4. The molecule has 8 heteroatoms. The van der Waals surface area contributed by atoms with Crippen molar-refractivity contribution >= 4 is 21.6 Å². The molecule has 0 aliphatic rings. The Morgan fingerprint density at radius 3 is 2.21 bits per heavy atom. The van der Waals surface area contributed by atoms with Gasteiger partial charge in [-0.3, -0.25) is 9.10 Å². The number of rotatable bonds is 10. The topological polar surface area (TPSA) is 75.7 Å². The third kappa shape index (κ3) is 6.55. The first-order valence-corrected chi connectivity index (χ1v) is 12.0. The van der Waals surface area contributed by atoms with Gasteiger partial charge in [-0.25, -0.2) is 12.8 Å². The Balaban J connectivity index is 1.70. The van der Waals surface area contributed by atoms with Crippen LogP contribution in [0, 0.1) is 12.7 Å². The number of methoxy groups -OCH3 is 1. The normalized spacial score (nSPS) is 11.1. The van der Waals surface area contributed by atoms with E-state index in [2.05, 4.69) is 5.32 Å². The van der Waals surface area contributed by atoms with Crippen molar-refractivity contribution in [3.63, 3.8) is 0 Å². The Kier molecular flexibility index (Phi) is 8.06. The van der Waals surface area contributed by atoms with Crippen LogP contribution >= 0.6 is 0 Å². The lowest BCUT2D eigenvalue weighted by atomic mass is 10.1. The average molecular weight is 471 g/mol. The predicted molar refractivity (Wildman–Crippen MR) is 126 cm³/mol. The fraction of sp³-hybridized carbons (Fsp3) is 0.240. The third-order valence-electron chi connectivity index (χ3n) is 5.13. The zero-order chi connectivity index (χ0) is 23.8. The fourth-order valence-corrected chi connectivity index (χ4v) is 4.68. The number of sulfonamides is 1. The maximum absolute atomic E-state index is 13.4. The second-order valence-electron chi connectivity index (χ2n) is 7.60. The highest BCUT2D eigenvalue weighted by molar-refractivity contribution is 7.92. The summed E-state index contributed by atoms with van der Waals surface area (Å²) in [4.78, 5) is 12.7. The Hall–Kier alpha value is -3.39. The van der Waals surface area contributed by atoms with Gasteiger partial charge in [0.25, 0.3) is 10.0 Å². The highest BCUT2D eigenvalue weighted by Crippen LogP contribution is 2.25. The number of aryl methyl sites for hydroxylation is 2. The maximum Gasteiger partial charge on any atom is 0.264 e. The minimum atomic E-state index is -3.98. The summed E-state index contributed by atoms with van der Waals surface area (Å²) in [6.07, 6.45) is 1.32. The predicted octanol–water partition coefficient (Wildman–Crippen LogP) is 4.09. The molecule has 3 rings (SSSR count). The third-order valence-corrected chi connectivity index (χ3v) is 6.92. The molecule has 0 fully saturated rings. The number of anilines is 1. The van der Waals surface area contributed by atoms with Crippen molar-refractivity contribution in [2.24, 2.45) is 0 Å². The number of carbonyl (C=O) groups is 1. The summed E-state index contributed by atoms with van der Waals surface area (Å²) in [5.74, 6) is -0.164. The Bertz CT molecular complexity index is 1160. The summed E-state index contributed by atoms with van der Waals surface area (Å²) < 4.78 is 46.0. The molecule has 0 unspecified atom stereocenters. The van der Waals surface area contributed by atoms with E-state index in [4.69, 9.17) is 4.74 Å². The number of carbonyl (C=O) groups excluding carboxylic acids is 1. The monoisotopic (exact) mass is 470 g/mol. The lowest BCUT2D eigenvalue weighted by Crippen LogP contribution is -2.41. The van der Waals surface area contributed by atoms with E-state index in [0.717, 1.165) is 15.4 Å².